The Morgan fingerprint density at radius 2 is 1.94 bits per heavy atom. The number of rotatable bonds is 3. The van der Waals surface area contributed by atoms with Crippen molar-refractivity contribution in [2.75, 3.05) is 6.79 Å². The molecule has 92 valence electrons. The second-order valence-corrected chi connectivity index (χ2v) is 4.29. The first kappa shape index (κ1) is 11.0. The van der Waals surface area contributed by atoms with Crippen LogP contribution in [0, 0.1) is 6.92 Å². The first-order valence-corrected chi connectivity index (χ1v) is 5.89. The van der Waals surface area contributed by atoms with Crippen LogP contribution in [0.1, 0.15) is 11.1 Å². The molecule has 2 aromatic carbocycles. The zero-order valence-electron chi connectivity index (χ0n) is 10.2. The summed E-state index contributed by atoms with van der Waals surface area (Å²) in [4.78, 5) is 0. The molecule has 0 fully saturated rings. The van der Waals surface area contributed by atoms with Crippen LogP contribution in [0.4, 0.5) is 0 Å². The maximum Gasteiger partial charge on any atom is 0.231 e. The van der Waals surface area contributed by atoms with Crippen molar-refractivity contribution in [3.8, 4) is 17.2 Å². The summed E-state index contributed by atoms with van der Waals surface area (Å²) in [6, 6.07) is 13.9. The Hall–Kier alpha value is -2.16. The van der Waals surface area contributed by atoms with Crippen molar-refractivity contribution in [3.63, 3.8) is 0 Å². The van der Waals surface area contributed by atoms with Gasteiger partial charge in [-0.15, -0.1) is 0 Å². The first-order valence-electron chi connectivity index (χ1n) is 5.89. The third-order valence-corrected chi connectivity index (χ3v) is 2.83. The van der Waals surface area contributed by atoms with E-state index in [1.165, 1.54) is 5.56 Å². The fraction of sp³-hybridized carbons (Fsp3) is 0.200. The van der Waals surface area contributed by atoms with Crippen molar-refractivity contribution in [1.29, 1.82) is 0 Å². The second-order valence-electron chi connectivity index (χ2n) is 4.29. The molecule has 1 heterocycles. The van der Waals surface area contributed by atoms with E-state index in [-0.39, 0.29) is 6.79 Å². The van der Waals surface area contributed by atoms with Crippen molar-refractivity contribution < 1.29 is 14.2 Å². The predicted molar refractivity (Wildman–Crippen MR) is 68.1 cm³/mol. The molecule has 18 heavy (non-hydrogen) atoms. The molecule has 0 spiro atoms. The van der Waals surface area contributed by atoms with E-state index in [1.54, 1.807) is 0 Å². The maximum absolute atomic E-state index is 5.74. The van der Waals surface area contributed by atoms with Crippen molar-refractivity contribution in [2.45, 2.75) is 13.5 Å². The molecule has 2 aromatic rings. The fourth-order valence-electron chi connectivity index (χ4n) is 1.94. The topological polar surface area (TPSA) is 27.7 Å². The molecule has 0 saturated carbocycles. The summed E-state index contributed by atoms with van der Waals surface area (Å²) in [7, 11) is 0. The van der Waals surface area contributed by atoms with E-state index in [0.717, 1.165) is 22.8 Å². The molecule has 0 aromatic heterocycles. The number of aryl methyl sites for hydroxylation is 1. The monoisotopic (exact) mass is 242 g/mol. The van der Waals surface area contributed by atoms with Gasteiger partial charge in [-0.3, -0.25) is 0 Å². The summed E-state index contributed by atoms with van der Waals surface area (Å²) < 4.78 is 16.3. The third kappa shape index (κ3) is 2.25. The number of fused-ring (bicyclic) bond motifs is 1. The fourth-order valence-corrected chi connectivity index (χ4v) is 1.94. The molecule has 1 aliphatic heterocycles. The highest BCUT2D eigenvalue weighted by molar-refractivity contribution is 5.46. The van der Waals surface area contributed by atoms with E-state index in [9.17, 15) is 0 Å². The highest BCUT2D eigenvalue weighted by atomic mass is 16.7. The summed E-state index contributed by atoms with van der Waals surface area (Å²) in [5.41, 5.74) is 2.40. The van der Waals surface area contributed by atoms with Crippen LogP contribution >= 0.6 is 0 Å². The molecule has 0 N–H and O–H groups in total. The van der Waals surface area contributed by atoms with Crippen LogP contribution in [-0.2, 0) is 6.61 Å². The standard InChI is InChI=1S/C15H14O3/c1-11-3-2-4-12(7-11)9-16-13-5-6-14-15(8-13)18-10-17-14/h2-8H,9-10H2,1H3. The van der Waals surface area contributed by atoms with E-state index in [4.69, 9.17) is 14.2 Å². The number of hydrogen-bond acceptors (Lipinski definition) is 3. The molecule has 0 radical (unpaired) electrons. The normalized spacial score (nSPS) is 12.5. The van der Waals surface area contributed by atoms with Crippen molar-refractivity contribution in [2.24, 2.45) is 0 Å². The van der Waals surface area contributed by atoms with Crippen LogP contribution in [0.15, 0.2) is 42.5 Å². The Morgan fingerprint density at radius 3 is 2.83 bits per heavy atom. The minimum absolute atomic E-state index is 0.288. The van der Waals surface area contributed by atoms with Gasteiger partial charge in [0.15, 0.2) is 11.5 Å². The quantitative estimate of drug-likeness (QED) is 0.826. The van der Waals surface area contributed by atoms with Gasteiger partial charge in [-0.1, -0.05) is 29.8 Å². The van der Waals surface area contributed by atoms with Crippen LogP contribution < -0.4 is 14.2 Å². The second kappa shape index (κ2) is 4.61. The SMILES string of the molecule is Cc1cccc(COc2ccc3c(c2)OCO3)c1. The molecule has 0 bridgehead atoms. The summed E-state index contributed by atoms with van der Waals surface area (Å²) in [5.74, 6) is 2.32. The summed E-state index contributed by atoms with van der Waals surface area (Å²) in [6.07, 6.45) is 0. The number of ether oxygens (including phenoxy) is 3. The van der Waals surface area contributed by atoms with E-state index in [0.29, 0.717) is 6.61 Å². The minimum atomic E-state index is 0.288. The average Bonchev–Trinajstić information content (AvgIpc) is 2.84. The van der Waals surface area contributed by atoms with Gasteiger partial charge < -0.3 is 14.2 Å². The Morgan fingerprint density at radius 1 is 1.06 bits per heavy atom. The van der Waals surface area contributed by atoms with Crippen molar-refractivity contribution in [3.05, 3.63) is 53.6 Å². The summed E-state index contributed by atoms with van der Waals surface area (Å²) >= 11 is 0. The summed E-state index contributed by atoms with van der Waals surface area (Å²) in [5, 5.41) is 0. The molecule has 0 unspecified atom stereocenters. The van der Waals surface area contributed by atoms with Crippen molar-refractivity contribution in [1.82, 2.24) is 0 Å². The van der Waals surface area contributed by atoms with Crippen LogP contribution in [0.5, 0.6) is 17.2 Å². The van der Waals surface area contributed by atoms with Crippen LogP contribution in [0.2, 0.25) is 0 Å². The van der Waals surface area contributed by atoms with Gasteiger partial charge >= 0.3 is 0 Å². The average molecular weight is 242 g/mol. The van der Waals surface area contributed by atoms with E-state index >= 15 is 0 Å². The zero-order valence-corrected chi connectivity index (χ0v) is 10.2. The van der Waals surface area contributed by atoms with E-state index < -0.39 is 0 Å². The van der Waals surface area contributed by atoms with Gasteiger partial charge in [-0.05, 0) is 24.6 Å². The smallest absolute Gasteiger partial charge is 0.231 e. The van der Waals surface area contributed by atoms with Gasteiger partial charge in [-0.2, -0.15) is 0 Å². The summed E-state index contributed by atoms with van der Waals surface area (Å²) in [6.45, 7) is 2.92. The van der Waals surface area contributed by atoms with Gasteiger partial charge in [0.05, 0.1) is 0 Å². The Balaban J connectivity index is 1.70. The molecule has 3 nitrogen and oxygen atoms in total. The molecular formula is C15H14O3. The number of hydrogen-bond donors (Lipinski definition) is 0. The third-order valence-electron chi connectivity index (χ3n) is 2.83. The number of benzene rings is 2. The Kier molecular flexibility index (Phi) is 2.81. The minimum Gasteiger partial charge on any atom is -0.489 e. The molecule has 1 aliphatic rings. The molecule has 0 atom stereocenters. The molecule has 0 saturated heterocycles. The predicted octanol–water partition coefficient (Wildman–Crippen LogP) is 3.30. The molecule has 3 heteroatoms. The lowest BCUT2D eigenvalue weighted by molar-refractivity contribution is 0.173. The van der Waals surface area contributed by atoms with Crippen molar-refractivity contribution >= 4 is 0 Å². The van der Waals surface area contributed by atoms with Gasteiger partial charge in [0.1, 0.15) is 12.4 Å². The highest BCUT2D eigenvalue weighted by Crippen LogP contribution is 2.35. The highest BCUT2D eigenvalue weighted by Gasteiger charge is 2.13. The Labute approximate surface area is 106 Å². The van der Waals surface area contributed by atoms with Gasteiger partial charge in [0, 0.05) is 6.07 Å². The molecular weight excluding hydrogens is 228 g/mol. The first-order chi connectivity index (χ1) is 8.81. The van der Waals surface area contributed by atoms with Gasteiger partial charge in [0.2, 0.25) is 6.79 Å². The van der Waals surface area contributed by atoms with Gasteiger partial charge in [0.25, 0.3) is 0 Å². The molecule has 0 amide bonds. The maximum atomic E-state index is 5.74. The Bertz CT molecular complexity index is 563. The van der Waals surface area contributed by atoms with Gasteiger partial charge in [-0.25, -0.2) is 0 Å². The largest absolute Gasteiger partial charge is 0.489 e. The van der Waals surface area contributed by atoms with E-state index in [2.05, 4.69) is 25.1 Å². The lowest BCUT2D eigenvalue weighted by atomic mass is 10.1. The zero-order chi connectivity index (χ0) is 12.4. The van der Waals surface area contributed by atoms with E-state index in [1.807, 2.05) is 24.3 Å². The lowest BCUT2D eigenvalue weighted by Gasteiger charge is -2.07. The van der Waals surface area contributed by atoms with Crippen LogP contribution in [0.3, 0.4) is 0 Å². The van der Waals surface area contributed by atoms with Crippen LogP contribution in [0.25, 0.3) is 0 Å². The molecule has 3 rings (SSSR count). The van der Waals surface area contributed by atoms with Crippen LogP contribution in [-0.4, -0.2) is 6.79 Å². The lowest BCUT2D eigenvalue weighted by Crippen LogP contribution is -1.95. The molecule has 0 aliphatic carbocycles.